The SMILES string of the molecule is NC(=O)c1cnc(NCC(O)C2CCCC2)c(Cl)c1. The van der Waals surface area contributed by atoms with Crippen LogP contribution in [0, 0.1) is 5.92 Å². The Labute approximate surface area is 117 Å². The lowest BCUT2D eigenvalue weighted by atomic mass is 10.0. The topological polar surface area (TPSA) is 88.2 Å². The van der Waals surface area contributed by atoms with Crippen molar-refractivity contribution < 1.29 is 9.90 Å². The minimum atomic E-state index is -0.563. The molecule has 1 aromatic rings. The summed E-state index contributed by atoms with van der Waals surface area (Å²) in [7, 11) is 0. The molecule has 104 valence electrons. The summed E-state index contributed by atoms with van der Waals surface area (Å²) in [5.41, 5.74) is 5.41. The Morgan fingerprint density at radius 3 is 2.84 bits per heavy atom. The molecular formula is C13H18ClN3O2. The molecule has 1 aromatic heterocycles. The van der Waals surface area contributed by atoms with Gasteiger partial charge in [-0.15, -0.1) is 0 Å². The van der Waals surface area contributed by atoms with Crippen molar-refractivity contribution in [2.24, 2.45) is 11.7 Å². The van der Waals surface area contributed by atoms with Crippen LogP contribution in [-0.2, 0) is 0 Å². The zero-order valence-corrected chi connectivity index (χ0v) is 11.4. The highest BCUT2D eigenvalue weighted by Gasteiger charge is 2.23. The van der Waals surface area contributed by atoms with Gasteiger partial charge < -0.3 is 16.2 Å². The second-order valence-corrected chi connectivity index (χ2v) is 5.32. The number of hydrogen-bond acceptors (Lipinski definition) is 4. The molecule has 1 unspecified atom stereocenters. The predicted molar refractivity (Wildman–Crippen MR) is 74.2 cm³/mol. The number of nitrogens with two attached hydrogens (primary N) is 1. The number of nitrogens with zero attached hydrogens (tertiary/aromatic N) is 1. The Kier molecular flexibility index (Phi) is 4.61. The van der Waals surface area contributed by atoms with Crippen molar-refractivity contribution in [3.63, 3.8) is 0 Å². The molecule has 0 saturated heterocycles. The van der Waals surface area contributed by atoms with Crippen molar-refractivity contribution in [3.05, 3.63) is 22.8 Å². The number of pyridine rings is 1. The van der Waals surface area contributed by atoms with Gasteiger partial charge in [-0.25, -0.2) is 4.98 Å². The summed E-state index contributed by atoms with van der Waals surface area (Å²) in [6, 6.07) is 1.47. The number of nitrogens with one attached hydrogen (secondary N) is 1. The van der Waals surface area contributed by atoms with E-state index in [2.05, 4.69) is 10.3 Å². The minimum absolute atomic E-state index is 0.270. The maximum absolute atomic E-state index is 11.0. The van der Waals surface area contributed by atoms with Gasteiger partial charge >= 0.3 is 0 Å². The third kappa shape index (κ3) is 3.58. The molecule has 0 aromatic carbocycles. The van der Waals surface area contributed by atoms with Gasteiger partial charge in [-0.05, 0) is 24.8 Å². The van der Waals surface area contributed by atoms with E-state index in [9.17, 15) is 9.90 Å². The van der Waals surface area contributed by atoms with Crippen LogP contribution in [0.1, 0.15) is 36.0 Å². The Bertz CT molecular complexity index is 461. The third-order valence-corrected chi connectivity index (χ3v) is 3.84. The first-order valence-corrected chi connectivity index (χ1v) is 6.83. The molecule has 1 aliphatic rings. The highest BCUT2D eigenvalue weighted by atomic mass is 35.5. The lowest BCUT2D eigenvalue weighted by Crippen LogP contribution is -2.27. The fourth-order valence-electron chi connectivity index (χ4n) is 2.41. The van der Waals surface area contributed by atoms with Gasteiger partial charge in [-0.2, -0.15) is 0 Å². The summed E-state index contributed by atoms with van der Waals surface area (Å²) in [6.45, 7) is 0.410. The van der Waals surface area contributed by atoms with Crippen molar-refractivity contribution >= 4 is 23.3 Å². The first-order chi connectivity index (χ1) is 9.08. The molecule has 0 spiro atoms. The molecule has 1 aliphatic carbocycles. The number of anilines is 1. The molecule has 19 heavy (non-hydrogen) atoms. The maximum Gasteiger partial charge on any atom is 0.250 e. The first-order valence-electron chi connectivity index (χ1n) is 6.45. The van der Waals surface area contributed by atoms with E-state index >= 15 is 0 Å². The van der Waals surface area contributed by atoms with E-state index in [-0.39, 0.29) is 5.56 Å². The van der Waals surface area contributed by atoms with E-state index in [1.165, 1.54) is 25.1 Å². The van der Waals surface area contributed by atoms with E-state index < -0.39 is 12.0 Å². The standard InChI is InChI=1S/C13H18ClN3O2/c14-10-5-9(12(15)19)6-16-13(10)17-7-11(18)8-3-1-2-4-8/h5-6,8,11,18H,1-4,7H2,(H2,15,19)(H,16,17). The van der Waals surface area contributed by atoms with Crippen molar-refractivity contribution in [3.8, 4) is 0 Å². The largest absolute Gasteiger partial charge is 0.391 e. The smallest absolute Gasteiger partial charge is 0.250 e. The number of aliphatic hydroxyl groups is 1. The molecule has 2 rings (SSSR count). The van der Waals surface area contributed by atoms with Crippen LogP contribution in [0.25, 0.3) is 0 Å². The normalized spacial score (nSPS) is 17.4. The van der Waals surface area contributed by atoms with Crippen LogP contribution < -0.4 is 11.1 Å². The average Bonchev–Trinajstić information content (AvgIpc) is 2.90. The zero-order chi connectivity index (χ0) is 13.8. The fourth-order valence-corrected chi connectivity index (χ4v) is 2.65. The number of halogens is 1. The van der Waals surface area contributed by atoms with Gasteiger partial charge in [-0.1, -0.05) is 24.4 Å². The highest BCUT2D eigenvalue weighted by Crippen LogP contribution is 2.28. The summed E-state index contributed by atoms with van der Waals surface area (Å²) in [5, 5.41) is 13.4. The molecule has 1 amide bonds. The van der Waals surface area contributed by atoms with Crippen LogP contribution in [0.3, 0.4) is 0 Å². The van der Waals surface area contributed by atoms with Gasteiger partial charge in [0.05, 0.1) is 16.7 Å². The molecular weight excluding hydrogens is 266 g/mol. The predicted octanol–water partition coefficient (Wildman–Crippen LogP) is 1.80. The molecule has 1 heterocycles. The van der Waals surface area contributed by atoms with Crippen LogP contribution in [0.4, 0.5) is 5.82 Å². The summed E-state index contributed by atoms with van der Waals surface area (Å²) < 4.78 is 0. The number of carbonyl (C=O) groups excluding carboxylic acids is 1. The summed E-state index contributed by atoms with van der Waals surface area (Å²) >= 11 is 6.00. The number of carbonyl (C=O) groups is 1. The molecule has 4 N–H and O–H groups in total. The van der Waals surface area contributed by atoms with Gasteiger partial charge in [0.25, 0.3) is 0 Å². The molecule has 1 fully saturated rings. The van der Waals surface area contributed by atoms with Crippen molar-refractivity contribution in [1.29, 1.82) is 0 Å². The van der Waals surface area contributed by atoms with Crippen LogP contribution in [0.5, 0.6) is 0 Å². The lowest BCUT2D eigenvalue weighted by molar-refractivity contribution is 0.1000. The minimum Gasteiger partial charge on any atom is -0.391 e. The number of aromatic nitrogens is 1. The van der Waals surface area contributed by atoms with Gasteiger partial charge in [0, 0.05) is 12.7 Å². The van der Waals surface area contributed by atoms with Crippen molar-refractivity contribution in [2.75, 3.05) is 11.9 Å². The molecule has 0 bridgehead atoms. The van der Waals surface area contributed by atoms with Gasteiger partial charge in [0.1, 0.15) is 5.82 Å². The van der Waals surface area contributed by atoms with Crippen molar-refractivity contribution in [2.45, 2.75) is 31.8 Å². The van der Waals surface area contributed by atoms with E-state index in [1.54, 1.807) is 0 Å². The average molecular weight is 284 g/mol. The number of hydrogen-bond donors (Lipinski definition) is 3. The van der Waals surface area contributed by atoms with E-state index in [0.29, 0.717) is 23.3 Å². The Hall–Kier alpha value is -1.33. The monoisotopic (exact) mass is 283 g/mol. The van der Waals surface area contributed by atoms with Crippen LogP contribution in [0.2, 0.25) is 5.02 Å². The van der Waals surface area contributed by atoms with Crippen LogP contribution in [-0.4, -0.2) is 28.6 Å². The Balaban J connectivity index is 1.93. The molecule has 1 saturated carbocycles. The zero-order valence-electron chi connectivity index (χ0n) is 10.6. The Morgan fingerprint density at radius 1 is 1.58 bits per heavy atom. The second kappa shape index (κ2) is 6.21. The van der Waals surface area contributed by atoms with Crippen LogP contribution in [0.15, 0.2) is 12.3 Å². The number of primary amides is 1. The first kappa shape index (κ1) is 14.1. The van der Waals surface area contributed by atoms with Crippen LogP contribution >= 0.6 is 11.6 Å². The van der Waals surface area contributed by atoms with E-state index in [1.807, 2.05) is 0 Å². The van der Waals surface area contributed by atoms with Gasteiger partial charge in [-0.3, -0.25) is 4.79 Å². The highest BCUT2D eigenvalue weighted by molar-refractivity contribution is 6.33. The third-order valence-electron chi connectivity index (χ3n) is 3.55. The van der Waals surface area contributed by atoms with Gasteiger partial charge in [0.15, 0.2) is 0 Å². The summed E-state index contributed by atoms with van der Waals surface area (Å²) in [5.74, 6) is 0.256. The molecule has 6 heteroatoms. The van der Waals surface area contributed by atoms with Gasteiger partial charge in [0.2, 0.25) is 5.91 Å². The maximum atomic E-state index is 11.0. The van der Waals surface area contributed by atoms with Crippen molar-refractivity contribution in [1.82, 2.24) is 4.98 Å². The molecule has 5 nitrogen and oxygen atoms in total. The van der Waals surface area contributed by atoms with E-state index in [0.717, 1.165) is 12.8 Å². The second-order valence-electron chi connectivity index (χ2n) is 4.91. The number of rotatable bonds is 5. The van der Waals surface area contributed by atoms with E-state index in [4.69, 9.17) is 17.3 Å². The fraction of sp³-hybridized carbons (Fsp3) is 0.538. The lowest BCUT2D eigenvalue weighted by Gasteiger charge is -2.18. The molecule has 1 atom stereocenters. The molecule has 0 radical (unpaired) electrons. The summed E-state index contributed by atoms with van der Waals surface area (Å²) in [6.07, 6.45) is 5.51. The number of amides is 1. The Morgan fingerprint density at radius 2 is 2.26 bits per heavy atom. The number of aliphatic hydroxyl groups excluding tert-OH is 1. The quantitative estimate of drug-likeness (QED) is 0.769. The summed E-state index contributed by atoms with van der Waals surface area (Å²) in [4.78, 5) is 15.0. The molecule has 0 aliphatic heterocycles.